The molecule has 0 aliphatic carbocycles. The van der Waals surface area contributed by atoms with Gasteiger partial charge in [0.25, 0.3) is 0 Å². The molecule has 0 N–H and O–H groups in total. The first kappa shape index (κ1) is 12.9. The molecule has 88 valence electrons. The molecule has 1 nitrogen and oxygen atoms in total. The number of benzene rings is 1. The number of hydrogen-bond donors (Lipinski definition) is 0. The van der Waals surface area contributed by atoms with Gasteiger partial charge in [-0.2, -0.15) is 0 Å². The van der Waals surface area contributed by atoms with Crippen LogP contribution in [0.1, 0.15) is 12.5 Å². The van der Waals surface area contributed by atoms with E-state index in [4.69, 9.17) is 0 Å². The quantitative estimate of drug-likeness (QED) is 0.557. The third-order valence-corrected chi connectivity index (χ3v) is 9.98. The Labute approximate surface area is 114 Å². The van der Waals surface area contributed by atoms with Gasteiger partial charge in [-0.1, -0.05) is 62.2 Å². The maximum absolute atomic E-state index is 12.7. The second kappa shape index (κ2) is 4.59. The van der Waals surface area contributed by atoms with E-state index in [1.807, 2.05) is 18.2 Å². The zero-order valence-corrected chi connectivity index (χ0v) is 13.3. The molecule has 1 fully saturated rings. The molecule has 3 atom stereocenters. The Morgan fingerprint density at radius 2 is 2.06 bits per heavy atom. The van der Waals surface area contributed by atoms with Gasteiger partial charge in [0.1, 0.15) is 0 Å². The zero-order valence-electron chi connectivity index (χ0n) is 9.20. The van der Waals surface area contributed by atoms with E-state index in [0.29, 0.717) is 4.83 Å². The number of hydrogen-bond acceptors (Lipinski definition) is 1. The monoisotopic (exact) mass is 364 g/mol. The second-order valence-electron chi connectivity index (χ2n) is 4.79. The summed E-state index contributed by atoms with van der Waals surface area (Å²) in [6.07, 6.45) is 2.31. The van der Waals surface area contributed by atoms with Crippen molar-refractivity contribution in [1.29, 1.82) is 0 Å². The summed E-state index contributed by atoms with van der Waals surface area (Å²) < 4.78 is 12.7. The first-order chi connectivity index (χ1) is 7.41. The summed E-state index contributed by atoms with van der Waals surface area (Å²) >= 11 is 7.31. The summed E-state index contributed by atoms with van der Waals surface area (Å²) in [6.45, 7) is 2.12. The lowest BCUT2D eigenvalue weighted by Crippen LogP contribution is -2.25. The Morgan fingerprint density at radius 1 is 1.44 bits per heavy atom. The first-order valence-electron chi connectivity index (χ1n) is 5.35. The largest absolute Gasteiger partial charge is 0.323 e. The molecule has 0 bridgehead atoms. The summed E-state index contributed by atoms with van der Waals surface area (Å²) in [5.74, 6) is 0. The molecule has 1 saturated heterocycles. The van der Waals surface area contributed by atoms with Crippen molar-refractivity contribution in [2.75, 3.05) is 12.3 Å². The van der Waals surface area contributed by atoms with Crippen molar-refractivity contribution in [3.63, 3.8) is 0 Å². The van der Waals surface area contributed by atoms with Crippen LogP contribution in [0, 0.1) is 0 Å². The fourth-order valence-electron chi connectivity index (χ4n) is 2.25. The van der Waals surface area contributed by atoms with Crippen molar-refractivity contribution in [2.45, 2.75) is 22.2 Å². The highest BCUT2D eigenvalue weighted by Gasteiger charge is 2.46. The smallest absolute Gasteiger partial charge is 0.0944 e. The van der Waals surface area contributed by atoms with Crippen LogP contribution in [0.15, 0.2) is 30.3 Å². The Morgan fingerprint density at radius 3 is 2.56 bits per heavy atom. The molecule has 1 aromatic carbocycles. The summed E-state index contributed by atoms with van der Waals surface area (Å²) in [4.78, 5) is 0.314. The van der Waals surface area contributed by atoms with Crippen LogP contribution >= 0.6 is 39.0 Å². The third-order valence-electron chi connectivity index (χ3n) is 3.06. The highest BCUT2D eigenvalue weighted by atomic mass is 79.9. The molecule has 2 rings (SSSR count). The van der Waals surface area contributed by atoms with Crippen LogP contribution in [-0.2, 0) is 10.7 Å². The standard InChI is InChI=1S/C12H15Br2OP/c1-12(14)9-16(15,8-11(12)13)7-10-5-3-2-4-6-10/h2-6,11H,7-9H2,1H3. The highest BCUT2D eigenvalue weighted by molar-refractivity contribution is 9.12. The molecule has 16 heavy (non-hydrogen) atoms. The lowest BCUT2D eigenvalue weighted by atomic mass is 10.2. The molecule has 0 aromatic heterocycles. The second-order valence-corrected chi connectivity index (χ2v) is 10.8. The minimum Gasteiger partial charge on any atom is -0.323 e. The molecule has 1 aliphatic heterocycles. The van der Waals surface area contributed by atoms with Crippen LogP contribution < -0.4 is 0 Å². The maximum Gasteiger partial charge on any atom is 0.0944 e. The van der Waals surface area contributed by atoms with Crippen LogP contribution in [0.2, 0.25) is 0 Å². The normalized spacial score (nSPS) is 38.8. The van der Waals surface area contributed by atoms with E-state index in [-0.39, 0.29) is 4.32 Å². The fourth-order valence-corrected chi connectivity index (χ4v) is 9.61. The average Bonchev–Trinajstić information content (AvgIpc) is 2.36. The van der Waals surface area contributed by atoms with Crippen LogP contribution in [-0.4, -0.2) is 21.5 Å². The predicted octanol–water partition coefficient (Wildman–Crippen LogP) is 4.48. The maximum atomic E-state index is 12.7. The molecule has 0 amide bonds. The van der Waals surface area contributed by atoms with Gasteiger partial charge in [0.2, 0.25) is 0 Å². The minimum atomic E-state index is -2.06. The summed E-state index contributed by atoms with van der Waals surface area (Å²) in [7, 11) is -2.06. The van der Waals surface area contributed by atoms with Gasteiger partial charge in [0, 0.05) is 27.6 Å². The zero-order chi connectivity index (χ0) is 11.8. The van der Waals surface area contributed by atoms with E-state index in [1.165, 1.54) is 5.56 Å². The highest BCUT2D eigenvalue weighted by Crippen LogP contribution is 2.61. The predicted molar refractivity (Wildman–Crippen MR) is 77.5 cm³/mol. The summed E-state index contributed by atoms with van der Waals surface area (Å²) in [5.41, 5.74) is 1.19. The van der Waals surface area contributed by atoms with Crippen molar-refractivity contribution in [3.8, 4) is 0 Å². The molecule has 4 heteroatoms. The van der Waals surface area contributed by atoms with Gasteiger partial charge in [-0.05, 0) is 12.5 Å². The lowest BCUT2D eigenvalue weighted by Gasteiger charge is -2.18. The SMILES string of the molecule is CC1(Br)CP(=O)(Cc2ccccc2)CC1Br. The van der Waals surface area contributed by atoms with Gasteiger partial charge < -0.3 is 4.57 Å². The Hall–Kier alpha value is 0.410. The van der Waals surface area contributed by atoms with Crippen molar-refractivity contribution in [2.24, 2.45) is 0 Å². The van der Waals surface area contributed by atoms with Crippen LogP contribution in [0.4, 0.5) is 0 Å². The van der Waals surface area contributed by atoms with E-state index in [0.717, 1.165) is 18.5 Å². The van der Waals surface area contributed by atoms with E-state index >= 15 is 0 Å². The van der Waals surface area contributed by atoms with Crippen molar-refractivity contribution in [1.82, 2.24) is 0 Å². The van der Waals surface area contributed by atoms with Crippen LogP contribution in [0.25, 0.3) is 0 Å². The van der Waals surface area contributed by atoms with Gasteiger partial charge in [-0.3, -0.25) is 0 Å². The van der Waals surface area contributed by atoms with Gasteiger partial charge in [-0.25, -0.2) is 0 Å². The summed E-state index contributed by atoms with van der Waals surface area (Å²) in [5, 5.41) is 0. The van der Waals surface area contributed by atoms with E-state index in [1.54, 1.807) is 0 Å². The van der Waals surface area contributed by atoms with Crippen molar-refractivity contribution in [3.05, 3.63) is 35.9 Å². The number of alkyl halides is 2. The van der Waals surface area contributed by atoms with Crippen LogP contribution in [0.3, 0.4) is 0 Å². The van der Waals surface area contributed by atoms with E-state index < -0.39 is 7.14 Å². The fraction of sp³-hybridized carbons (Fsp3) is 0.500. The van der Waals surface area contributed by atoms with Crippen molar-refractivity contribution < 1.29 is 4.57 Å². The molecular formula is C12H15Br2OP. The number of halogens is 2. The van der Waals surface area contributed by atoms with Gasteiger partial charge >= 0.3 is 0 Å². The molecule has 0 spiro atoms. The van der Waals surface area contributed by atoms with Crippen molar-refractivity contribution >= 4 is 39.0 Å². The van der Waals surface area contributed by atoms with E-state index in [2.05, 4.69) is 50.9 Å². The summed E-state index contributed by atoms with van der Waals surface area (Å²) in [6, 6.07) is 10.1. The Balaban J connectivity index is 2.15. The van der Waals surface area contributed by atoms with Gasteiger partial charge in [0.15, 0.2) is 0 Å². The minimum absolute atomic E-state index is 0.0166. The third kappa shape index (κ3) is 2.80. The van der Waals surface area contributed by atoms with Crippen LogP contribution in [0.5, 0.6) is 0 Å². The lowest BCUT2D eigenvalue weighted by molar-refractivity contribution is 0.577. The first-order valence-corrected chi connectivity index (χ1v) is 9.32. The molecule has 0 radical (unpaired) electrons. The topological polar surface area (TPSA) is 17.1 Å². The average molecular weight is 366 g/mol. The molecule has 3 unspecified atom stereocenters. The van der Waals surface area contributed by atoms with Gasteiger partial charge in [-0.15, -0.1) is 0 Å². The number of rotatable bonds is 2. The Bertz CT molecular complexity index is 416. The molecule has 1 heterocycles. The molecule has 0 saturated carbocycles. The van der Waals surface area contributed by atoms with Gasteiger partial charge in [0.05, 0.1) is 7.14 Å². The molecular weight excluding hydrogens is 351 g/mol. The van der Waals surface area contributed by atoms with E-state index in [9.17, 15) is 4.57 Å². The molecule has 1 aromatic rings. The Kier molecular flexibility index (Phi) is 3.69. The molecule has 1 aliphatic rings.